The molecule has 0 bridgehead atoms. The zero-order chi connectivity index (χ0) is 14.9. The van der Waals surface area contributed by atoms with Crippen molar-refractivity contribution in [2.75, 3.05) is 11.5 Å². The van der Waals surface area contributed by atoms with Crippen molar-refractivity contribution in [3.8, 4) is 0 Å². The quantitative estimate of drug-likeness (QED) is 0.665. The zero-order valence-corrected chi connectivity index (χ0v) is 11.8. The van der Waals surface area contributed by atoms with Gasteiger partial charge in [0.1, 0.15) is 0 Å². The highest BCUT2D eigenvalue weighted by Crippen LogP contribution is 2.23. The number of nitro groups is 1. The number of rotatable bonds is 3. The first kappa shape index (κ1) is 14.7. The summed E-state index contributed by atoms with van der Waals surface area (Å²) in [5, 5.41) is 13.1. The van der Waals surface area contributed by atoms with Crippen molar-refractivity contribution in [3.63, 3.8) is 0 Å². The topological polar surface area (TPSA) is 106 Å². The molecule has 1 aromatic carbocycles. The van der Waals surface area contributed by atoms with Crippen LogP contribution in [0, 0.1) is 10.1 Å². The number of nitro benzene ring substituents is 1. The standard InChI is InChI=1S/C11H11ClN2O5S/c12-10-5-8(14(16)17)1-2-9(10)11(15)13-7-3-4-20(18,19)6-7/h1-2,5,7H,3-4,6H2,(H,13,15). The molecule has 0 aromatic heterocycles. The first-order valence-electron chi connectivity index (χ1n) is 5.74. The molecule has 1 aromatic rings. The lowest BCUT2D eigenvalue weighted by molar-refractivity contribution is -0.384. The molecule has 1 heterocycles. The van der Waals surface area contributed by atoms with E-state index in [1.165, 1.54) is 12.1 Å². The summed E-state index contributed by atoms with van der Waals surface area (Å²) >= 11 is 5.83. The van der Waals surface area contributed by atoms with Crippen LogP contribution in [0.3, 0.4) is 0 Å². The molecule has 0 aliphatic carbocycles. The smallest absolute Gasteiger partial charge is 0.270 e. The van der Waals surface area contributed by atoms with E-state index in [1.807, 2.05) is 0 Å². The number of hydrogen-bond acceptors (Lipinski definition) is 5. The van der Waals surface area contributed by atoms with Gasteiger partial charge in [-0.15, -0.1) is 0 Å². The Morgan fingerprint density at radius 1 is 1.45 bits per heavy atom. The van der Waals surface area contributed by atoms with Gasteiger partial charge in [0.15, 0.2) is 9.84 Å². The van der Waals surface area contributed by atoms with Crippen LogP contribution >= 0.6 is 11.6 Å². The Morgan fingerprint density at radius 2 is 2.15 bits per heavy atom. The first-order valence-corrected chi connectivity index (χ1v) is 7.94. The minimum Gasteiger partial charge on any atom is -0.348 e. The molecule has 1 aliphatic heterocycles. The highest BCUT2D eigenvalue weighted by molar-refractivity contribution is 7.91. The average Bonchev–Trinajstić information content (AvgIpc) is 2.68. The van der Waals surface area contributed by atoms with Crippen LogP contribution in [0.2, 0.25) is 5.02 Å². The molecule has 0 radical (unpaired) electrons. The molecule has 1 unspecified atom stereocenters. The van der Waals surface area contributed by atoms with Gasteiger partial charge in [0.25, 0.3) is 11.6 Å². The second-order valence-electron chi connectivity index (χ2n) is 4.49. The van der Waals surface area contributed by atoms with Crippen molar-refractivity contribution >= 4 is 33.0 Å². The monoisotopic (exact) mass is 318 g/mol. The average molecular weight is 319 g/mol. The summed E-state index contributed by atoms with van der Waals surface area (Å²) in [6.45, 7) is 0. The molecule has 0 saturated carbocycles. The Hall–Kier alpha value is -1.67. The van der Waals surface area contributed by atoms with Crippen LogP contribution in [0.25, 0.3) is 0 Å². The summed E-state index contributed by atoms with van der Waals surface area (Å²) in [4.78, 5) is 21.9. The fraction of sp³-hybridized carbons (Fsp3) is 0.364. The number of nitrogens with zero attached hydrogens (tertiary/aromatic N) is 1. The number of non-ortho nitro benzene ring substituents is 1. The number of sulfone groups is 1. The van der Waals surface area contributed by atoms with Gasteiger partial charge >= 0.3 is 0 Å². The predicted molar refractivity (Wildman–Crippen MR) is 72.6 cm³/mol. The van der Waals surface area contributed by atoms with Crippen molar-refractivity contribution < 1.29 is 18.1 Å². The lowest BCUT2D eigenvalue weighted by Crippen LogP contribution is -2.35. The van der Waals surface area contributed by atoms with Crippen molar-refractivity contribution in [1.29, 1.82) is 0 Å². The van der Waals surface area contributed by atoms with Gasteiger partial charge in [-0.2, -0.15) is 0 Å². The summed E-state index contributed by atoms with van der Waals surface area (Å²) in [5.74, 6) is -0.582. The Kier molecular flexibility index (Phi) is 3.96. The highest BCUT2D eigenvalue weighted by atomic mass is 35.5. The molecular weight excluding hydrogens is 308 g/mol. The molecule has 1 amide bonds. The number of carbonyl (C=O) groups excluding carboxylic acids is 1. The first-order chi connectivity index (χ1) is 9.28. The summed E-state index contributed by atoms with van der Waals surface area (Å²) in [5.41, 5.74) is -0.128. The number of nitrogens with one attached hydrogen (secondary N) is 1. The van der Waals surface area contributed by atoms with Gasteiger partial charge in [-0.3, -0.25) is 14.9 Å². The van der Waals surface area contributed by atoms with E-state index in [4.69, 9.17) is 11.6 Å². The van der Waals surface area contributed by atoms with Gasteiger partial charge in [0, 0.05) is 18.2 Å². The van der Waals surface area contributed by atoms with Gasteiger partial charge in [-0.1, -0.05) is 11.6 Å². The SMILES string of the molecule is O=C(NC1CCS(=O)(=O)C1)c1ccc([N+](=O)[O-])cc1Cl. The lowest BCUT2D eigenvalue weighted by Gasteiger charge is -2.11. The molecule has 2 rings (SSSR count). The molecular formula is C11H11ClN2O5S. The van der Waals surface area contributed by atoms with Crippen molar-refractivity contribution in [1.82, 2.24) is 5.32 Å². The highest BCUT2D eigenvalue weighted by Gasteiger charge is 2.29. The minimum absolute atomic E-state index is 0.0439. The molecule has 7 nitrogen and oxygen atoms in total. The van der Waals surface area contributed by atoms with E-state index in [9.17, 15) is 23.3 Å². The van der Waals surface area contributed by atoms with E-state index >= 15 is 0 Å². The van der Waals surface area contributed by atoms with Gasteiger partial charge in [-0.05, 0) is 12.5 Å². The van der Waals surface area contributed by atoms with Gasteiger partial charge in [-0.25, -0.2) is 8.42 Å². The second-order valence-corrected chi connectivity index (χ2v) is 7.13. The maximum absolute atomic E-state index is 12.0. The number of halogens is 1. The van der Waals surface area contributed by atoms with Crippen molar-refractivity contribution in [2.24, 2.45) is 0 Å². The largest absolute Gasteiger partial charge is 0.348 e. The van der Waals surface area contributed by atoms with Crippen LogP contribution in [0.5, 0.6) is 0 Å². The fourth-order valence-electron chi connectivity index (χ4n) is 1.97. The normalized spacial score (nSPS) is 20.6. The maximum Gasteiger partial charge on any atom is 0.270 e. The van der Waals surface area contributed by atoms with Crippen LogP contribution < -0.4 is 5.32 Å². The van der Waals surface area contributed by atoms with Crippen LogP contribution in [-0.4, -0.2) is 36.8 Å². The van der Waals surface area contributed by atoms with Crippen LogP contribution in [0.4, 0.5) is 5.69 Å². The third-order valence-electron chi connectivity index (χ3n) is 2.98. The molecule has 108 valence electrons. The number of benzene rings is 1. The lowest BCUT2D eigenvalue weighted by atomic mass is 10.1. The van der Waals surface area contributed by atoms with Crippen molar-refractivity contribution in [2.45, 2.75) is 12.5 Å². The van der Waals surface area contributed by atoms with E-state index in [2.05, 4.69) is 5.32 Å². The third kappa shape index (κ3) is 3.26. The van der Waals surface area contributed by atoms with E-state index in [0.29, 0.717) is 6.42 Å². The van der Waals surface area contributed by atoms with E-state index in [1.54, 1.807) is 0 Å². The third-order valence-corrected chi connectivity index (χ3v) is 5.06. The second kappa shape index (κ2) is 5.37. The van der Waals surface area contributed by atoms with E-state index < -0.39 is 26.7 Å². The zero-order valence-electron chi connectivity index (χ0n) is 10.2. The van der Waals surface area contributed by atoms with E-state index in [-0.39, 0.29) is 27.8 Å². The van der Waals surface area contributed by atoms with Crippen LogP contribution in [0.15, 0.2) is 18.2 Å². The molecule has 1 fully saturated rings. The Bertz CT molecular complexity index is 673. The summed E-state index contributed by atoms with van der Waals surface area (Å²) in [7, 11) is -3.09. The van der Waals surface area contributed by atoms with E-state index in [0.717, 1.165) is 6.07 Å². The number of hydrogen-bond donors (Lipinski definition) is 1. The van der Waals surface area contributed by atoms with Crippen molar-refractivity contribution in [3.05, 3.63) is 38.9 Å². The number of carbonyl (C=O) groups is 1. The Labute approximate surface area is 120 Å². The van der Waals surface area contributed by atoms with Gasteiger partial charge in [0.2, 0.25) is 0 Å². The summed E-state index contributed by atoms with van der Waals surface area (Å²) in [6, 6.07) is 3.06. The summed E-state index contributed by atoms with van der Waals surface area (Å²) in [6.07, 6.45) is 0.360. The number of amides is 1. The molecule has 9 heteroatoms. The van der Waals surface area contributed by atoms with Gasteiger partial charge in [0.05, 0.1) is 27.0 Å². The molecule has 1 aliphatic rings. The minimum atomic E-state index is -3.09. The molecule has 0 spiro atoms. The predicted octanol–water partition coefficient (Wildman–Crippen LogP) is 1.17. The molecule has 1 atom stereocenters. The maximum atomic E-state index is 12.0. The Balaban J connectivity index is 2.12. The Morgan fingerprint density at radius 3 is 2.65 bits per heavy atom. The summed E-state index contributed by atoms with van der Waals surface area (Å²) < 4.78 is 22.6. The molecule has 1 saturated heterocycles. The van der Waals surface area contributed by atoms with Gasteiger partial charge < -0.3 is 5.32 Å². The fourth-order valence-corrected chi connectivity index (χ4v) is 3.91. The molecule has 1 N–H and O–H groups in total. The van der Waals surface area contributed by atoms with Crippen LogP contribution in [-0.2, 0) is 9.84 Å². The molecule has 20 heavy (non-hydrogen) atoms. The van der Waals surface area contributed by atoms with Crippen LogP contribution in [0.1, 0.15) is 16.8 Å².